The molecule has 3 rings (SSSR count). The van der Waals surface area contributed by atoms with Gasteiger partial charge in [-0.2, -0.15) is 16.3 Å². The molecule has 0 aliphatic heterocycles. The van der Waals surface area contributed by atoms with E-state index in [1.165, 1.54) is 6.07 Å². The highest BCUT2D eigenvalue weighted by Crippen LogP contribution is 2.15. The Balaban J connectivity index is 1.98. The smallest absolute Gasteiger partial charge is 0.337 e. The number of unbranched alkanes of at least 4 members (excludes halogenated alkanes) is 1. The van der Waals surface area contributed by atoms with Crippen LogP contribution in [0.3, 0.4) is 0 Å². The fourth-order valence-corrected chi connectivity index (χ4v) is 3.07. The van der Waals surface area contributed by atoms with Crippen LogP contribution in [0.25, 0.3) is 11.1 Å². The molecule has 0 radical (unpaired) electrons. The number of oxime groups is 1. The molecule has 0 spiro atoms. The summed E-state index contributed by atoms with van der Waals surface area (Å²) in [5.74, 6) is 0. The average molecular weight is 359 g/mol. The highest BCUT2D eigenvalue weighted by atomic mass is 32.1. The van der Waals surface area contributed by atoms with E-state index in [1.807, 2.05) is 23.8 Å². The van der Waals surface area contributed by atoms with E-state index in [-0.39, 0.29) is 17.1 Å². The minimum absolute atomic E-state index is 0.0410. The van der Waals surface area contributed by atoms with E-state index in [9.17, 15) is 9.59 Å². The molecule has 1 N–H and O–H groups in total. The first kappa shape index (κ1) is 17.1. The van der Waals surface area contributed by atoms with Gasteiger partial charge in [-0.25, -0.2) is 4.79 Å². The number of thiophene rings is 1. The molecule has 0 fully saturated rings. The van der Waals surface area contributed by atoms with Crippen molar-refractivity contribution in [1.29, 1.82) is 0 Å². The van der Waals surface area contributed by atoms with Gasteiger partial charge in [0.05, 0.1) is 5.71 Å². The van der Waals surface area contributed by atoms with Crippen LogP contribution in [-0.2, 0) is 6.42 Å². The summed E-state index contributed by atoms with van der Waals surface area (Å²) in [6.07, 6.45) is 2.42. The van der Waals surface area contributed by atoms with Gasteiger partial charge in [0.2, 0.25) is 5.71 Å². The minimum Gasteiger partial charge on any atom is -0.403 e. The summed E-state index contributed by atoms with van der Waals surface area (Å²) in [5.41, 5.74) is 1.19. The topological polar surface area (TPSA) is 97.5 Å². The van der Waals surface area contributed by atoms with E-state index in [2.05, 4.69) is 15.1 Å². The van der Waals surface area contributed by atoms with Crippen LogP contribution >= 0.6 is 11.3 Å². The Hall–Kier alpha value is -2.74. The monoisotopic (exact) mass is 359 g/mol. The molecule has 3 heterocycles. The molecule has 130 valence electrons. The molecule has 3 aromatic heterocycles. The first-order valence-corrected chi connectivity index (χ1v) is 8.84. The highest BCUT2D eigenvalue weighted by Gasteiger charge is 2.13. The molecule has 8 heteroatoms. The Morgan fingerprint density at radius 3 is 3.00 bits per heavy atom. The maximum absolute atomic E-state index is 12.4. The first-order chi connectivity index (χ1) is 12.1. The van der Waals surface area contributed by atoms with E-state index in [0.29, 0.717) is 17.7 Å². The number of rotatable bonds is 6. The number of aryl methyl sites for hydroxylation is 1. The van der Waals surface area contributed by atoms with Crippen LogP contribution < -0.4 is 16.0 Å². The zero-order chi connectivity index (χ0) is 17.8. The van der Waals surface area contributed by atoms with Crippen LogP contribution in [0.5, 0.6) is 6.01 Å². The number of nitrogens with one attached hydrogen (secondary N) is 1. The summed E-state index contributed by atoms with van der Waals surface area (Å²) in [6.45, 7) is 3.82. The normalized spacial score (nSPS) is 11.8. The van der Waals surface area contributed by atoms with E-state index >= 15 is 0 Å². The van der Waals surface area contributed by atoms with Gasteiger partial charge in [-0.3, -0.25) is 9.78 Å². The van der Waals surface area contributed by atoms with Crippen molar-refractivity contribution < 1.29 is 9.25 Å². The largest absolute Gasteiger partial charge is 0.403 e. The molecule has 7 nitrogen and oxygen atoms in total. The predicted molar refractivity (Wildman–Crippen MR) is 96.7 cm³/mol. The molecular weight excluding hydrogens is 342 g/mol. The van der Waals surface area contributed by atoms with Crippen LogP contribution in [0.1, 0.15) is 37.8 Å². The SMILES string of the molecule is CCCCc1cc(=O)oc2nc(O/N=C(\C)c3ccsc3)[nH]c(=O)c12. The summed E-state index contributed by atoms with van der Waals surface area (Å²) >= 11 is 1.54. The quantitative estimate of drug-likeness (QED) is 0.539. The van der Waals surface area contributed by atoms with Gasteiger partial charge >= 0.3 is 11.6 Å². The van der Waals surface area contributed by atoms with E-state index in [0.717, 1.165) is 18.4 Å². The predicted octanol–water partition coefficient (Wildman–Crippen LogP) is 3.08. The van der Waals surface area contributed by atoms with Crippen molar-refractivity contribution in [3.8, 4) is 6.01 Å². The van der Waals surface area contributed by atoms with Crippen LogP contribution in [0.15, 0.2) is 42.1 Å². The van der Waals surface area contributed by atoms with E-state index in [4.69, 9.17) is 9.25 Å². The fourth-order valence-electron chi connectivity index (χ4n) is 2.37. The van der Waals surface area contributed by atoms with Gasteiger partial charge in [0.15, 0.2) is 0 Å². The van der Waals surface area contributed by atoms with Gasteiger partial charge in [0.25, 0.3) is 5.56 Å². The van der Waals surface area contributed by atoms with Crippen LogP contribution in [0.4, 0.5) is 0 Å². The summed E-state index contributed by atoms with van der Waals surface area (Å²) in [6, 6.07) is 3.12. The number of aromatic amines is 1. The third-order valence-electron chi connectivity index (χ3n) is 3.68. The number of fused-ring (bicyclic) bond motifs is 1. The molecule has 3 aromatic rings. The zero-order valence-electron chi connectivity index (χ0n) is 13.9. The molecule has 0 saturated heterocycles. The summed E-state index contributed by atoms with van der Waals surface area (Å²) in [7, 11) is 0. The van der Waals surface area contributed by atoms with Crippen LogP contribution in [0, 0.1) is 0 Å². The molecule has 0 aliphatic rings. The molecule has 0 saturated carbocycles. The number of aromatic nitrogens is 2. The van der Waals surface area contributed by atoms with Gasteiger partial charge in [-0.1, -0.05) is 18.5 Å². The van der Waals surface area contributed by atoms with Crippen LogP contribution in [0.2, 0.25) is 0 Å². The first-order valence-electron chi connectivity index (χ1n) is 7.89. The molecule has 0 atom stereocenters. The Morgan fingerprint density at radius 2 is 2.28 bits per heavy atom. The second kappa shape index (κ2) is 7.43. The Labute approximate surface area is 147 Å². The lowest BCUT2D eigenvalue weighted by Crippen LogP contribution is -2.14. The zero-order valence-corrected chi connectivity index (χ0v) is 14.7. The lowest BCUT2D eigenvalue weighted by molar-refractivity contribution is 0.311. The third kappa shape index (κ3) is 3.85. The van der Waals surface area contributed by atoms with Crippen molar-refractivity contribution in [3.05, 3.63) is 54.8 Å². The number of H-pyrrole nitrogens is 1. The summed E-state index contributed by atoms with van der Waals surface area (Å²) in [5, 5.41) is 8.08. The third-order valence-corrected chi connectivity index (χ3v) is 4.37. The van der Waals surface area contributed by atoms with Gasteiger partial charge in [0, 0.05) is 11.6 Å². The lowest BCUT2D eigenvalue weighted by atomic mass is 10.1. The Kier molecular flexibility index (Phi) is 5.08. The van der Waals surface area contributed by atoms with Crippen molar-refractivity contribution >= 4 is 28.1 Å². The molecule has 0 bridgehead atoms. The highest BCUT2D eigenvalue weighted by molar-refractivity contribution is 7.08. The van der Waals surface area contributed by atoms with Gasteiger partial charge in [0.1, 0.15) is 5.39 Å². The molecule has 0 aliphatic carbocycles. The second-order valence-electron chi connectivity index (χ2n) is 5.53. The van der Waals surface area contributed by atoms with Crippen molar-refractivity contribution in [2.45, 2.75) is 33.1 Å². The molecule has 0 unspecified atom stereocenters. The standard InChI is InChI=1S/C17H17N3O4S/c1-3-4-5-11-8-13(21)23-16-14(11)15(22)18-17(19-16)24-20-10(2)12-6-7-25-9-12/h6-9H,3-5H2,1-2H3,(H,18,19,22)/b20-10+. The van der Waals surface area contributed by atoms with Crippen molar-refractivity contribution in [3.63, 3.8) is 0 Å². The van der Waals surface area contributed by atoms with Gasteiger partial charge in [-0.15, -0.1) is 0 Å². The van der Waals surface area contributed by atoms with Crippen molar-refractivity contribution in [2.24, 2.45) is 5.16 Å². The number of hydrogen-bond donors (Lipinski definition) is 1. The van der Waals surface area contributed by atoms with Crippen molar-refractivity contribution in [1.82, 2.24) is 9.97 Å². The molecular formula is C17H17N3O4S. The van der Waals surface area contributed by atoms with E-state index < -0.39 is 11.2 Å². The van der Waals surface area contributed by atoms with Crippen molar-refractivity contribution in [2.75, 3.05) is 0 Å². The maximum Gasteiger partial charge on any atom is 0.337 e. The van der Waals surface area contributed by atoms with E-state index in [1.54, 1.807) is 18.3 Å². The average Bonchev–Trinajstić information content (AvgIpc) is 3.11. The maximum atomic E-state index is 12.4. The molecule has 0 aromatic carbocycles. The minimum atomic E-state index is -0.541. The molecule has 25 heavy (non-hydrogen) atoms. The number of nitrogens with zero attached hydrogens (tertiary/aromatic N) is 2. The van der Waals surface area contributed by atoms with Gasteiger partial charge in [-0.05, 0) is 42.2 Å². The Bertz CT molecular complexity index is 1020. The lowest BCUT2D eigenvalue weighted by Gasteiger charge is -2.04. The fraction of sp³-hybridized carbons (Fsp3) is 0.294. The Morgan fingerprint density at radius 1 is 1.44 bits per heavy atom. The molecule has 0 amide bonds. The van der Waals surface area contributed by atoms with Crippen LogP contribution in [-0.4, -0.2) is 15.7 Å². The number of hydrogen-bond acceptors (Lipinski definition) is 7. The summed E-state index contributed by atoms with van der Waals surface area (Å²) in [4.78, 5) is 35.9. The van der Waals surface area contributed by atoms with Gasteiger partial charge < -0.3 is 9.25 Å². The second-order valence-corrected chi connectivity index (χ2v) is 6.31. The summed E-state index contributed by atoms with van der Waals surface area (Å²) < 4.78 is 5.07.